The lowest BCUT2D eigenvalue weighted by Crippen LogP contribution is -2.09. The first-order valence-electron chi connectivity index (χ1n) is 7.93. The average Bonchev–Trinajstić information content (AvgIpc) is 2.97. The molecule has 1 aliphatic rings. The van der Waals surface area contributed by atoms with Crippen LogP contribution in [0, 0.1) is 5.92 Å². The molecule has 0 aromatic heterocycles. The Morgan fingerprint density at radius 1 is 1.16 bits per heavy atom. The van der Waals surface area contributed by atoms with Crippen molar-refractivity contribution in [2.75, 3.05) is 7.11 Å². The number of carbonyl (C=O) groups is 1. The smallest absolute Gasteiger partial charge is 0.306 e. The van der Waals surface area contributed by atoms with Crippen LogP contribution in [0.1, 0.15) is 17.5 Å². The number of hydrogen-bond acceptors (Lipinski definition) is 4. The number of rotatable bonds is 4. The number of esters is 1. The fourth-order valence-corrected chi connectivity index (χ4v) is 3.98. The van der Waals surface area contributed by atoms with Crippen molar-refractivity contribution in [2.45, 2.75) is 17.7 Å². The lowest BCUT2D eigenvalue weighted by atomic mass is 9.97. The molecule has 1 atom stereocenters. The monoisotopic (exact) mass is 354 g/mol. The van der Waals surface area contributed by atoms with Gasteiger partial charge < -0.3 is 4.74 Å². The second-order valence-corrected chi connectivity index (χ2v) is 7.67. The molecule has 0 N–H and O–H groups in total. The Hall–Kier alpha value is -2.62. The van der Waals surface area contributed by atoms with Crippen molar-refractivity contribution in [3.63, 3.8) is 0 Å². The molecule has 1 unspecified atom stereocenters. The van der Waals surface area contributed by atoms with Crippen molar-refractivity contribution in [3.05, 3.63) is 76.9 Å². The molecule has 0 saturated carbocycles. The van der Waals surface area contributed by atoms with Crippen LogP contribution in [0.4, 0.5) is 0 Å². The quantitative estimate of drug-likeness (QED) is 0.624. The van der Waals surface area contributed by atoms with Gasteiger partial charge in [-0.05, 0) is 29.7 Å². The molecular weight excluding hydrogens is 336 g/mol. The van der Waals surface area contributed by atoms with E-state index in [1.807, 2.05) is 24.3 Å². The van der Waals surface area contributed by atoms with Gasteiger partial charge in [0.05, 0.1) is 23.8 Å². The Bertz CT molecular complexity index is 952. The van der Waals surface area contributed by atoms with Crippen LogP contribution in [0.15, 0.2) is 70.6 Å². The summed E-state index contributed by atoms with van der Waals surface area (Å²) in [7, 11) is -2.23. The van der Waals surface area contributed by atoms with E-state index in [2.05, 4.69) is 5.73 Å². The lowest BCUT2D eigenvalue weighted by Gasteiger charge is -2.08. The second-order valence-electron chi connectivity index (χ2n) is 5.87. The van der Waals surface area contributed by atoms with Crippen LogP contribution in [0.25, 0.3) is 5.57 Å². The maximum absolute atomic E-state index is 12.5. The highest BCUT2D eigenvalue weighted by molar-refractivity contribution is 7.94. The highest BCUT2D eigenvalue weighted by Gasteiger charge is 2.28. The van der Waals surface area contributed by atoms with Crippen molar-refractivity contribution in [1.29, 1.82) is 0 Å². The second kappa shape index (κ2) is 7.09. The fraction of sp³-hybridized carbons (Fsp3) is 0.200. The average molecular weight is 354 g/mol. The van der Waals surface area contributed by atoms with E-state index in [0.29, 0.717) is 6.42 Å². The summed E-state index contributed by atoms with van der Waals surface area (Å²) in [4.78, 5) is 11.9. The van der Waals surface area contributed by atoms with Crippen molar-refractivity contribution < 1.29 is 17.9 Å². The highest BCUT2D eigenvalue weighted by Crippen LogP contribution is 2.38. The number of ether oxygens (including phenoxy) is 1. The van der Waals surface area contributed by atoms with E-state index in [-0.39, 0.29) is 23.2 Å². The number of benzene rings is 2. The summed E-state index contributed by atoms with van der Waals surface area (Å²) in [5.41, 5.74) is 5.72. The fourth-order valence-electron chi connectivity index (χ4n) is 3.02. The molecule has 0 fully saturated rings. The van der Waals surface area contributed by atoms with E-state index < -0.39 is 9.84 Å². The maximum Gasteiger partial charge on any atom is 0.306 e. The van der Waals surface area contributed by atoms with Crippen molar-refractivity contribution >= 4 is 21.4 Å². The topological polar surface area (TPSA) is 60.4 Å². The third-order valence-corrected chi connectivity index (χ3v) is 5.62. The van der Waals surface area contributed by atoms with Gasteiger partial charge in [-0.15, -0.1) is 5.73 Å². The molecular formula is C20H18O4S. The third-order valence-electron chi connectivity index (χ3n) is 4.26. The summed E-state index contributed by atoms with van der Waals surface area (Å²) in [6.45, 7) is 0. The molecule has 2 aromatic rings. The summed E-state index contributed by atoms with van der Waals surface area (Å²) in [5, 5.41) is 1.10. The summed E-state index contributed by atoms with van der Waals surface area (Å²) in [6, 6.07) is 16.0. The zero-order valence-corrected chi connectivity index (χ0v) is 14.6. The van der Waals surface area contributed by atoms with Gasteiger partial charge in [0.1, 0.15) is 0 Å². The Morgan fingerprint density at radius 3 is 2.56 bits per heavy atom. The van der Waals surface area contributed by atoms with Crippen LogP contribution in [0.3, 0.4) is 0 Å². The molecule has 0 heterocycles. The van der Waals surface area contributed by atoms with Gasteiger partial charge in [0.2, 0.25) is 9.84 Å². The number of hydrogen-bond donors (Lipinski definition) is 0. The Balaban J connectivity index is 2.04. The van der Waals surface area contributed by atoms with E-state index in [9.17, 15) is 13.2 Å². The zero-order chi connectivity index (χ0) is 17.9. The summed E-state index contributed by atoms with van der Waals surface area (Å²) in [6.07, 6.45) is 0.875. The molecule has 0 spiro atoms. The van der Waals surface area contributed by atoms with E-state index in [1.54, 1.807) is 30.3 Å². The van der Waals surface area contributed by atoms with Crippen LogP contribution < -0.4 is 0 Å². The molecule has 1 aliphatic carbocycles. The first-order chi connectivity index (χ1) is 12.0. The normalized spacial score (nSPS) is 16.0. The zero-order valence-electron chi connectivity index (χ0n) is 13.8. The highest BCUT2D eigenvalue weighted by atomic mass is 32.2. The first-order valence-corrected chi connectivity index (χ1v) is 9.47. The molecule has 128 valence electrons. The summed E-state index contributed by atoms with van der Waals surface area (Å²) in [5.74, 6) is -0.449. The molecule has 5 heteroatoms. The van der Waals surface area contributed by atoms with E-state index in [1.165, 1.54) is 7.11 Å². The SMILES string of the molecule is COC(=O)CC1Cc2ccccc2C1=C=CS(=O)(=O)c1ccccc1. The molecule has 3 rings (SSSR count). The van der Waals surface area contributed by atoms with E-state index >= 15 is 0 Å². The lowest BCUT2D eigenvalue weighted by molar-refractivity contribution is -0.141. The Labute approximate surface area is 147 Å². The van der Waals surface area contributed by atoms with Gasteiger partial charge in [-0.2, -0.15) is 0 Å². The molecule has 2 aromatic carbocycles. The minimum absolute atomic E-state index is 0.132. The molecule has 4 nitrogen and oxygen atoms in total. The number of sulfone groups is 1. The van der Waals surface area contributed by atoms with Gasteiger partial charge in [-0.25, -0.2) is 8.42 Å². The van der Waals surface area contributed by atoms with E-state index in [0.717, 1.165) is 22.1 Å². The van der Waals surface area contributed by atoms with Crippen LogP contribution in [-0.2, 0) is 25.8 Å². The number of allylic oxidation sites excluding steroid dienone is 1. The standard InChI is InChI=1S/C20H18O4S/c1-24-20(21)14-16-13-15-7-5-6-10-18(15)19(16)11-12-25(22,23)17-8-3-2-4-9-17/h2-10,12,16H,13-14H2,1H3. The Kier molecular flexibility index (Phi) is 4.88. The van der Waals surface area contributed by atoms with Crippen LogP contribution in [0.2, 0.25) is 0 Å². The van der Waals surface area contributed by atoms with Gasteiger partial charge in [0, 0.05) is 11.5 Å². The third kappa shape index (κ3) is 3.73. The summed E-state index contributed by atoms with van der Waals surface area (Å²) >= 11 is 0. The molecule has 0 saturated heterocycles. The van der Waals surface area contributed by atoms with Gasteiger partial charge in [0.25, 0.3) is 0 Å². The van der Waals surface area contributed by atoms with Gasteiger partial charge in [0.15, 0.2) is 0 Å². The predicted octanol–water partition coefficient (Wildman–Crippen LogP) is 3.39. The molecule has 0 radical (unpaired) electrons. The van der Waals surface area contributed by atoms with Crippen molar-refractivity contribution in [3.8, 4) is 0 Å². The molecule has 0 amide bonds. The van der Waals surface area contributed by atoms with Crippen molar-refractivity contribution in [1.82, 2.24) is 0 Å². The van der Waals surface area contributed by atoms with Crippen molar-refractivity contribution in [2.24, 2.45) is 5.92 Å². The minimum Gasteiger partial charge on any atom is -0.469 e. The number of methoxy groups -OCH3 is 1. The molecule has 0 bridgehead atoms. The van der Waals surface area contributed by atoms with E-state index in [4.69, 9.17) is 4.74 Å². The minimum atomic E-state index is -3.58. The van der Waals surface area contributed by atoms with Gasteiger partial charge in [-0.1, -0.05) is 42.5 Å². The number of fused-ring (bicyclic) bond motifs is 1. The van der Waals surface area contributed by atoms with Crippen LogP contribution >= 0.6 is 0 Å². The first kappa shape index (κ1) is 17.2. The molecule has 25 heavy (non-hydrogen) atoms. The maximum atomic E-state index is 12.5. The van der Waals surface area contributed by atoms with Crippen LogP contribution in [-0.4, -0.2) is 21.5 Å². The van der Waals surface area contributed by atoms with Crippen LogP contribution in [0.5, 0.6) is 0 Å². The summed E-state index contributed by atoms with van der Waals surface area (Å²) < 4.78 is 29.7. The largest absolute Gasteiger partial charge is 0.469 e. The Morgan fingerprint density at radius 2 is 1.84 bits per heavy atom. The number of carbonyl (C=O) groups excluding carboxylic acids is 1. The van der Waals surface area contributed by atoms with Gasteiger partial charge >= 0.3 is 5.97 Å². The predicted molar refractivity (Wildman–Crippen MR) is 95.4 cm³/mol. The van der Waals surface area contributed by atoms with Gasteiger partial charge in [-0.3, -0.25) is 4.79 Å². The molecule has 0 aliphatic heterocycles.